The third-order valence-electron chi connectivity index (χ3n) is 6.44. The maximum Gasteiger partial charge on any atom is 0.122 e. The van der Waals surface area contributed by atoms with E-state index in [4.69, 9.17) is 10.5 Å². The molecule has 4 nitrogen and oxygen atoms in total. The Morgan fingerprint density at radius 3 is 2.47 bits per heavy atom. The molecule has 0 aliphatic carbocycles. The van der Waals surface area contributed by atoms with Gasteiger partial charge in [-0.1, -0.05) is 43.4 Å². The van der Waals surface area contributed by atoms with Gasteiger partial charge >= 0.3 is 0 Å². The summed E-state index contributed by atoms with van der Waals surface area (Å²) in [5.74, 6) is 0.972. The second-order valence-corrected chi connectivity index (χ2v) is 8.52. The Hall–Kier alpha value is -1.62. The largest absolute Gasteiger partial charge is 0.507 e. The van der Waals surface area contributed by atoms with Crippen LogP contribution in [-0.2, 0) is 11.2 Å². The van der Waals surface area contributed by atoms with Gasteiger partial charge in [0, 0.05) is 24.6 Å². The molecule has 2 aliphatic heterocycles. The second kappa shape index (κ2) is 12.3. The Kier molecular flexibility index (Phi) is 10.1. The van der Waals surface area contributed by atoms with Crippen molar-refractivity contribution in [1.29, 1.82) is 0 Å². The van der Waals surface area contributed by atoms with Crippen LogP contribution in [0, 0.1) is 12.8 Å². The molecule has 3 atom stereocenters. The average Bonchev–Trinajstić information content (AvgIpc) is 2.77. The number of aromatic hydroxyl groups is 1. The Balaban J connectivity index is 0.000000575. The summed E-state index contributed by atoms with van der Waals surface area (Å²) in [5.41, 5.74) is 9.03. The van der Waals surface area contributed by atoms with Crippen molar-refractivity contribution in [2.45, 2.75) is 78.6 Å². The number of hydrogen-bond acceptors (Lipinski definition) is 4. The summed E-state index contributed by atoms with van der Waals surface area (Å²) in [4.78, 5) is 2.54. The third-order valence-corrected chi connectivity index (χ3v) is 6.44. The molecule has 2 heterocycles. The van der Waals surface area contributed by atoms with Crippen molar-refractivity contribution < 1.29 is 9.84 Å². The molecule has 1 fully saturated rings. The summed E-state index contributed by atoms with van der Waals surface area (Å²) in [6.07, 6.45) is 12.9. The molecule has 1 saturated heterocycles. The van der Waals surface area contributed by atoms with Gasteiger partial charge in [0.05, 0.1) is 12.2 Å². The molecule has 0 spiro atoms. The first-order chi connectivity index (χ1) is 14.5. The zero-order chi connectivity index (χ0) is 22.1. The van der Waals surface area contributed by atoms with Gasteiger partial charge in [-0.05, 0) is 77.1 Å². The van der Waals surface area contributed by atoms with Gasteiger partial charge in [0.15, 0.2) is 0 Å². The lowest BCUT2D eigenvalue weighted by molar-refractivity contribution is -0.0656. The van der Waals surface area contributed by atoms with Crippen molar-refractivity contribution >= 4 is 0 Å². The quantitative estimate of drug-likeness (QED) is 0.643. The standard InChI is InChI=1S/C21H32N2O2.C5H10/c1-4-5-15(3)23-10-8-16(9-11-23)19-12-18-17(20(13-22)25-19)7-6-14(2)21(18)24;1-3-5-4-2/h4-7,15-16,19-20,24H,8-13,22H2,1-3H3;3,5H,4H2,1-2H3/b5-4+;5-3-. The van der Waals surface area contributed by atoms with Crippen molar-refractivity contribution in [3.63, 3.8) is 0 Å². The summed E-state index contributed by atoms with van der Waals surface area (Å²) in [7, 11) is 0. The minimum Gasteiger partial charge on any atom is -0.507 e. The highest BCUT2D eigenvalue weighted by Crippen LogP contribution is 2.40. The first-order valence-corrected chi connectivity index (χ1v) is 11.6. The number of ether oxygens (including phenoxy) is 1. The highest BCUT2D eigenvalue weighted by molar-refractivity contribution is 5.47. The molecule has 0 saturated carbocycles. The predicted molar refractivity (Wildman–Crippen MR) is 127 cm³/mol. The molecule has 0 bridgehead atoms. The van der Waals surface area contributed by atoms with E-state index in [1.807, 2.05) is 19.9 Å². The number of phenols is 1. The predicted octanol–water partition coefficient (Wildman–Crippen LogP) is 5.29. The van der Waals surface area contributed by atoms with E-state index in [0.717, 1.165) is 55.5 Å². The summed E-state index contributed by atoms with van der Waals surface area (Å²) < 4.78 is 6.37. The van der Waals surface area contributed by atoms with Gasteiger partial charge in [-0.15, -0.1) is 0 Å². The van der Waals surface area contributed by atoms with Gasteiger partial charge in [-0.2, -0.15) is 0 Å². The van der Waals surface area contributed by atoms with Crippen LogP contribution in [0.4, 0.5) is 0 Å². The number of aryl methyl sites for hydroxylation is 1. The van der Waals surface area contributed by atoms with Crippen LogP contribution in [0.1, 0.15) is 69.8 Å². The average molecular weight is 415 g/mol. The van der Waals surface area contributed by atoms with Crippen LogP contribution < -0.4 is 5.73 Å². The summed E-state index contributed by atoms with van der Waals surface area (Å²) in [6.45, 7) is 13.1. The van der Waals surface area contributed by atoms with E-state index in [9.17, 15) is 5.11 Å². The molecule has 1 aromatic rings. The van der Waals surface area contributed by atoms with Crippen LogP contribution in [-0.4, -0.2) is 41.8 Å². The van der Waals surface area contributed by atoms with Crippen LogP contribution in [0.25, 0.3) is 0 Å². The number of nitrogens with two attached hydrogens (primary N) is 1. The number of fused-ring (bicyclic) bond motifs is 1. The van der Waals surface area contributed by atoms with Gasteiger partial charge in [0.2, 0.25) is 0 Å². The van der Waals surface area contributed by atoms with E-state index in [1.54, 1.807) is 0 Å². The highest BCUT2D eigenvalue weighted by Gasteiger charge is 2.35. The van der Waals surface area contributed by atoms with Crippen molar-refractivity contribution in [2.24, 2.45) is 11.7 Å². The SMILES string of the molecule is C/C=C/C(C)N1CCC(C2Cc3c(ccc(C)c3O)C(CN)O2)CC1.C/C=C\CC. The van der Waals surface area contributed by atoms with Crippen molar-refractivity contribution in [1.82, 2.24) is 4.90 Å². The fourth-order valence-corrected chi connectivity index (χ4v) is 4.61. The van der Waals surface area contributed by atoms with Crippen molar-refractivity contribution in [2.75, 3.05) is 19.6 Å². The van der Waals surface area contributed by atoms with E-state index in [0.29, 0.717) is 24.3 Å². The fraction of sp³-hybridized carbons (Fsp3) is 0.615. The van der Waals surface area contributed by atoms with Crippen LogP contribution in [0.15, 0.2) is 36.4 Å². The number of phenolic OH excluding ortho intramolecular Hbond substituents is 1. The maximum atomic E-state index is 10.5. The van der Waals surface area contributed by atoms with Gasteiger partial charge in [0.25, 0.3) is 0 Å². The molecule has 3 N–H and O–H groups in total. The number of rotatable bonds is 5. The Morgan fingerprint density at radius 1 is 1.23 bits per heavy atom. The normalized spacial score (nSPS) is 23.9. The first-order valence-electron chi connectivity index (χ1n) is 11.6. The zero-order valence-corrected chi connectivity index (χ0v) is 19.6. The smallest absolute Gasteiger partial charge is 0.122 e. The lowest BCUT2D eigenvalue weighted by Crippen LogP contribution is -2.44. The molecule has 1 aromatic carbocycles. The second-order valence-electron chi connectivity index (χ2n) is 8.52. The lowest BCUT2D eigenvalue weighted by Gasteiger charge is -2.41. The van der Waals surface area contributed by atoms with E-state index < -0.39 is 0 Å². The molecular weight excluding hydrogens is 372 g/mol. The fourth-order valence-electron chi connectivity index (χ4n) is 4.61. The molecule has 3 rings (SSSR count). The van der Waals surface area contributed by atoms with Crippen molar-refractivity contribution in [3.8, 4) is 5.75 Å². The topological polar surface area (TPSA) is 58.7 Å². The van der Waals surface area contributed by atoms with Gasteiger partial charge in [-0.3, -0.25) is 4.90 Å². The summed E-state index contributed by atoms with van der Waals surface area (Å²) in [5, 5.41) is 10.5. The number of piperidine rings is 1. The van der Waals surface area contributed by atoms with E-state index in [1.165, 1.54) is 0 Å². The van der Waals surface area contributed by atoms with E-state index in [2.05, 4.69) is 56.0 Å². The van der Waals surface area contributed by atoms with E-state index in [-0.39, 0.29) is 12.2 Å². The Labute approximate surface area is 183 Å². The highest BCUT2D eigenvalue weighted by atomic mass is 16.5. The van der Waals surface area contributed by atoms with E-state index >= 15 is 0 Å². The Morgan fingerprint density at radius 2 is 1.93 bits per heavy atom. The minimum absolute atomic E-state index is 0.0970. The number of benzene rings is 1. The van der Waals surface area contributed by atoms with Crippen LogP contribution in [0.5, 0.6) is 5.75 Å². The van der Waals surface area contributed by atoms with Gasteiger partial charge in [-0.25, -0.2) is 0 Å². The molecule has 3 unspecified atom stereocenters. The lowest BCUT2D eigenvalue weighted by atomic mass is 9.82. The molecule has 2 aliphatic rings. The maximum absolute atomic E-state index is 10.5. The van der Waals surface area contributed by atoms with Crippen molar-refractivity contribution in [3.05, 3.63) is 53.1 Å². The zero-order valence-electron chi connectivity index (χ0n) is 19.6. The summed E-state index contributed by atoms with van der Waals surface area (Å²) in [6, 6.07) is 4.53. The van der Waals surface area contributed by atoms with Gasteiger partial charge in [0.1, 0.15) is 5.75 Å². The molecule has 30 heavy (non-hydrogen) atoms. The summed E-state index contributed by atoms with van der Waals surface area (Å²) >= 11 is 0. The Bertz CT molecular complexity index is 705. The monoisotopic (exact) mass is 414 g/mol. The number of hydrogen-bond donors (Lipinski definition) is 2. The first kappa shape index (κ1) is 24.6. The van der Waals surface area contributed by atoms with Gasteiger partial charge < -0.3 is 15.6 Å². The van der Waals surface area contributed by atoms with Crippen LogP contribution in [0.3, 0.4) is 0 Å². The molecule has 0 radical (unpaired) electrons. The molecule has 4 heteroatoms. The number of nitrogens with zero attached hydrogens (tertiary/aromatic N) is 1. The molecule has 168 valence electrons. The molecule has 0 aromatic heterocycles. The van der Waals surface area contributed by atoms with Crippen LogP contribution in [0.2, 0.25) is 0 Å². The van der Waals surface area contributed by atoms with Crippen LogP contribution >= 0.6 is 0 Å². The molecule has 0 amide bonds. The third kappa shape index (κ3) is 6.19. The minimum atomic E-state index is -0.0970. The molecular formula is C26H42N2O2. The number of allylic oxidation sites excluding steroid dienone is 3. The number of likely N-dealkylation sites (tertiary alicyclic amines) is 1.